The third-order valence-corrected chi connectivity index (χ3v) is 4.84. The Labute approximate surface area is 134 Å². The van der Waals surface area contributed by atoms with Gasteiger partial charge in [-0.2, -0.15) is 15.0 Å². The number of piperidine rings is 1. The zero-order valence-corrected chi connectivity index (χ0v) is 13.0. The predicted molar refractivity (Wildman–Crippen MR) is 85.4 cm³/mol. The molecule has 0 saturated carbocycles. The molecule has 2 aliphatic heterocycles. The normalized spacial score (nSPS) is 23.1. The number of nitrogens with one attached hydrogen (secondary N) is 1. The molecule has 7 heteroatoms. The first-order chi connectivity index (χ1) is 11.3. The number of carbonyl (C=O) groups is 1. The van der Waals surface area contributed by atoms with Gasteiger partial charge in [-0.3, -0.25) is 4.79 Å². The van der Waals surface area contributed by atoms with Crippen LogP contribution in [-0.4, -0.2) is 54.1 Å². The van der Waals surface area contributed by atoms with Gasteiger partial charge in [0.05, 0.1) is 36.4 Å². The van der Waals surface area contributed by atoms with E-state index in [1.54, 1.807) is 19.5 Å². The smallest absolute Gasteiger partial charge is 0.154 e. The number of aromatic nitrogens is 3. The zero-order chi connectivity index (χ0) is 15.8. The van der Waals surface area contributed by atoms with Gasteiger partial charge < -0.3 is 15.0 Å². The highest BCUT2D eigenvalue weighted by molar-refractivity contribution is 5.93. The van der Waals surface area contributed by atoms with E-state index >= 15 is 0 Å². The minimum absolute atomic E-state index is 0.414. The molecule has 4 rings (SSSR count). The molecule has 2 aromatic rings. The predicted octanol–water partition coefficient (Wildman–Crippen LogP) is 0.886. The van der Waals surface area contributed by atoms with Crippen LogP contribution in [0.5, 0.6) is 5.75 Å². The topological polar surface area (TPSA) is 72.3 Å². The number of methoxy groups -OCH3 is 1. The number of anilines is 1. The summed E-state index contributed by atoms with van der Waals surface area (Å²) < 4.78 is 5.53. The van der Waals surface area contributed by atoms with Crippen LogP contribution in [-0.2, 0) is 0 Å². The van der Waals surface area contributed by atoms with Gasteiger partial charge in [-0.1, -0.05) is 0 Å². The molecule has 0 amide bonds. The maximum absolute atomic E-state index is 11.8. The number of rotatable bonds is 4. The molecule has 2 fully saturated rings. The van der Waals surface area contributed by atoms with Crippen molar-refractivity contribution in [1.29, 1.82) is 0 Å². The molecule has 7 nitrogen and oxygen atoms in total. The van der Waals surface area contributed by atoms with Crippen LogP contribution >= 0.6 is 0 Å². The van der Waals surface area contributed by atoms with Crippen LogP contribution in [0.3, 0.4) is 0 Å². The van der Waals surface area contributed by atoms with E-state index < -0.39 is 0 Å². The van der Waals surface area contributed by atoms with E-state index in [2.05, 4.69) is 20.4 Å². The first kappa shape index (κ1) is 14.2. The summed E-state index contributed by atoms with van der Waals surface area (Å²) in [6.45, 7) is 2.97. The second-order valence-corrected chi connectivity index (χ2v) is 5.96. The van der Waals surface area contributed by atoms with Crippen LogP contribution in [0.2, 0.25) is 0 Å². The molecule has 3 heterocycles. The molecule has 2 atom stereocenters. The quantitative estimate of drug-likeness (QED) is 0.845. The largest absolute Gasteiger partial charge is 0.495 e. The number of ether oxygens (including phenoxy) is 1. The summed E-state index contributed by atoms with van der Waals surface area (Å²) in [5.74, 6) is 1.40. The van der Waals surface area contributed by atoms with Crippen LogP contribution < -0.4 is 15.0 Å². The van der Waals surface area contributed by atoms with Crippen molar-refractivity contribution in [2.24, 2.45) is 5.92 Å². The fraction of sp³-hybridized carbons (Fsp3) is 0.438. The highest BCUT2D eigenvalue weighted by Crippen LogP contribution is 2.42. The molecule has 120 valence electrons. The zero-order valence-electron chi connectivity index (χ0n) is 13.0. The molecule has 0 bridgehead atoms. The Morgan fingerprint density at radius 3 is 2.87 bits per heavy atom. The Morgan fingerprint density at radius 1 is 1.35 bits per heavy atom. The van der Waals surface area contributed by atoms with E-state index in [1.165, 1.54) is 11.2 Å². The van der Waals surface area contributed by atoms with Gasteiger partial charge in [-0.05, 0) is 31.0 Å². The Bertz CT molecular complexity index is 716. The molecule has 1 N–H and O–H groups in total. The number of nitrogens with zero attached hydrogens (tertiary/aromatic N) is 4. The van der Waals surface area contributed by atoms with Gasteiger partial charge >= 0.3 is 0 Å². The van der Waals surface area contributed by atoms with Gasteiger partial charge in [0.1, 0.15) is 5.75 Å². The van der Waals surface area contributed by atoms with Crippen LogP contribution in [0.4, 0.5) is 5.69 Å². The molecule has 23 heavy (non-hydrogen) atoms. The number of carbonyl (C=O) groups excluding carboxylic acids is 1. The molecule has 0 radical (unpaired) electrons. The summed E-state index contributed by atoms with van der Waals surface area (Å²) >= 11 is 0. The van der Waals surface area contributed by atoms with Crippen molar-refractivity contribution in [1.82, 2.24) is 20.3 Å². The van der Waals surface area contributed by atoms with E-state index in [9.17, 15) is 4.79 Å². The summed E-state index contributed by atoms with van der Waals surface area (Å²) in [6.07, 6.45) is 5.26. The van der Waals surface area contributed by atoms with Gasteiger partial charge in [0.2, 0.25) is 0 Å². The summed E-state index contributed by atoms with van der Waals surface area (Å²) in [5.41, 5.74) is 2.10. The number of aldehydes is 1. The lowest BCUT2D eigenvalue weighted by molar-refractivity contribution is 0.112. The molecule has 2 saturated heterocycles. The Balaban J connectivity index is 1.80. The average Bonchev–Trinajstić information content (AvgIpc) is 3.09. The van der Waals surface area contributed by atoms with Gasteiger partial charge in [0, 0.05) is 19.1 Å². The molecule has 1 aromatic carbocycles. The van der Waals surface area contributed by atoms with Gasteiger partial charge in [0.25, 0.3) is 0 Å². The first-order valence-electron chi connectivity index (χ1n) is 7.83. The van der Waals surface area contributed by atoms with E-state index in [0.717, 1.165) is 31.6 Å². The van der Waals surface area contributed by atoms with E-state index in [0.29, 0.717) is 29.0 Å². The van der Waals surface area contributed by atoms with Crippen molar-refractivity contribution < 1.29 is 9.53 Å². The number of benzene rings is 1. The summed E-state index contributed by atoms with van der Waals surface area (Å²) in [7, 11) is 1.63. The minimum atomic E-state index is 0.414. The first-order valence-corrected chi connectivity index (χ1v) is 7.83. The second-order valence-electron chi connectivity index (χ2n) is 5.96. The molecule has 1 aromatic heterocycles. The van der Waals surface area contributed by atoms with E-state index in [1.807, 2.05) is 12.1 Å². The lowest BCUT2D eigenvalue weighted by atomic mass is 9.82. The van der Waals surface area contributed by atoms with E-state index in [4.69, 9.17) is 4.74 Å². The maximum Gasteiger partial charge on any atom is 0.154 e. The van der Waals surface area contributed by atoms with E-state index in [-0.39, 0.29) is 0 Å². The van der Waals surface area contributed by atoms with Gasteiger partial charge in [-0.25, -0.2) is 0 Å². The lowest BCUT2D eigenvalue weighted by Crippen LogP contribution is -2.64. The highest BCUT2D eigenvalue weighted by atomic mass is 16.5. The Kier molecular flexibility index (Phi) is 3.49. The summed E-state index contributed by atoms with van der Waals surface area (Å²) in [5, 5.41) is 11.7. The van der Waals surface area contributed by atoms with Gasteiger partial charge in [0.15, 0.2) is 6.29 Å². The lowest BCUT2D eigenvalue weighted by Gasteiger charge is -2.53. The van der Waals surface area contributed by atoms with Crippen LogP contribution in [0.25, 0.3) is 5.69 Å². The fourth-order valence-electron chi connectivity index (χ4n) is 3.65. The Hall–Kier alpha value is -2.41. The van der Waals surface area contributed by atoms with Crippen molar-refractivity contribution >= 4 is 12.0 Å². The standard InChI is InChI=1S/C16H19N5O2/c1-23-15-3-2-13(21-18-6-7-19-21)12(10-22)16(15)20-9-11-4-5-17-8-14(11)20/h2-3,6-7,10-11,14,17H,4-5,8-9H2,1H3/t11-,14-/m1/s1. The fourth-order valence-corrected chi connectivity index (χ4v) is 3.65. The summed E-state index contributed by atoms with van der Waals surface area (Å²) in [4.78, 5) is 15.6. The van der Waals surface area contributed by atoms with Crippen molar-refractivity contribution in [2.45, 2.75) is 12.5 Å². The van der Waals surface area contributed by atoms with Crippen LogP contribution in [0.1, 0.15) is 16.8 Å². The van der Waals surface area contributed by atoms with Crippen molar-refractivity contribution in [2.75, 3.05) is 31.6 Å². The maximum atomic E-state index is 11.8. The third kappa shape index (κ3) is 2.19. The van der Waals surface area contributed by atoms with Crippen LogP contribution in [0.15, 0.2) is 24.5 Å². The average molecular weight is 313 g/mol. The monoisotopic (exact) mass is 313 g/mol. The molecule has 2 aliphatic rings. The van der Waals surface area contributed by atoms with Crippen LogP contribution in [0, 0.1) is 5.92 Å². The molecular formula is C16H19N5O2. The van der Waals surface area contributed by atoms with Gasteiger partial charge in [-0.15, -0.1) is 0 Å². The third-order valence-electron chi connectivity index (χ3n) is 4.84. The number of hydrogen-bond acceptors (Lipinski definition) is 6. The van der Waals surface area contributed by atoms with Crippen molar-refractivity contribution in [3.63, 3.8) is 0 Å². The number of fused-ring (bicyclic) bond motifs is 1. The molecule has 0 unspecified atom stereocenters. The Morgan fingerprint density at radius 2 is 2.17 bits per heavy atom. The minimum Gasteiger partial charge on any atom is -0.495 e. The second kappa shape index (κ2) is 5.66. The number of hydrogen-bond donors (Lipinski definition) is 1. The SMILES string of the molecule is COc1ccc(-n2nccn2)c(C=O)c1N1C[C@H]2CCNC[C@H]21. The summed E-state index contributed by atoms with van der Waals surface area (Å²) in [6, 6.07) is 4.12. The highest BCUT2D eigenvalue weighted by Gasteiger charge is 2.42. The molecule has 0 aliphatic carbocycles. The molecule has 0 spiro atoms. The molecular weight excluding hydrogens is 294 g/mol. The van der Waals surface area contributed by atoms with Crippen molar-refractivity contribution in [3.05, 3.63) is 30.1 Å². The van der Waals surface area contributed by atoms with Crippen molar-refractivity contribution in [3.8, 4) is 11.4 Å².